The van der Waals surface area contributed by atoms with Crippen molar-refractivity contribution < 1.29 is 38.0 Å². The van der Waals surface area contributed by atoms with Gasteiger partial charge in [-0.2, -0.15) is 4.42 Å². The van der Waals surface area contributed by atoms with Gasteiger partial charge < -0.3 is 4.74 Å². The summed E-state index contributed by atoms with van der Waals surface area (Å²) in [5.41, 5.74) is 0.925. The number of hydrogen-bond donors (Lipinski definition) is 0. The largest absolute Gasteiger partial charge is 0.449 e. The molecule has 4 rings (SSSR count). The van der Waals surface area contributed by atoms with Crippen LogP contribution in [0.15, 0.2) is 75.1 Å². The van der Waals surface area contributed by atoms with Crippen LogP contribution in [-0.4, -0.2) is 0 Å². The Morgan fingerprint density at radius 1 is 0.962 bits per heavy atom. The minimum absolute atomic E-state index is 0.883. The molecule has 1 aromatic heterocycles. The Morgan fingerprint density at radius 2 is 1.65 bits per heavy atom. The van der Waals surface area contributed by atoms with E-state index in [9.17, 15) is 0 Å². The molecule has 0 saturated heterocycles. The number of halogens is 1. The maximum Gasteiger partial charge on any atom is 0.411 e. The van der Waals surface area contributed by atoms with Crippen LogP contribution in [-0.2, 0) is 0 Å². The molecule has 6 nitrogen and oxygen atoms in total. The van der Waals surface area contributed by atoms with Crippen LogP contribution in [0.5, 0.6) is 5.75 Å². The van der Waals surface area contributed by atoms with Gasteiger partial charge in [0, 0.05) is 6.07 Å². The third-order valence-electron chi connectivity index (χ3n) is 3.01. The van der Waals surface area contributed by atoms with Gasteiger partial charge in [-0.1, -0.05) is 24.3 Å². The molecule has 0 unspecified atom stereocenters. The van der Waals surface area contributed by atoms with Gasteiger partial charge in [0.1, 0.15) is 10.4 Å². The summed E-state index contributed by atoms with van der Waals surface area (Å²) in [4.78, 5) is 1.16. The molecule has 2 aromatic carbocycles. The first-order chi connectivity index (χ1) is 12.4. The van der Waals surface area contributed by atoms with E-state index in [-0.39, 0.29) is 0 Å². The maximum absolute atomic E-state index is 8.49. The maximum atomic E-state index is 8.49. The summed E-state index contributed by atoms with van der Waals surface area (Å²) in [5.74, 6) is 0.925. The van der Waals surface area contributed by atoms with Crippen molar-refractivity contribution in [3.63, 3.8) is 0 Å². The lowest BCUT2D eigenvalue weighted by atomic mass is 10.3. The highest BCUT2D eigenvalue weighted by atomic mass is 35.7. The molecule has 0 saturated carbocycles. The van der Waals surface area contributed by atoms with Crippen molar-refractivity contribution >= 4 is 39.5 Å². The van der Waals surface area contributed by atoms with Crippen molar-refractivity contribution in [1.29, 1.82) is 0 Å². The lowest BCUT2D eigenvalue weighted by molar-refractivity contribution is -2.00. The summed E-state index contributed by atoms with van der Waals surface area (Å²) in [6.07, 6.45) is 5.89. The fraction of sp³-hybridized carbons (Fsp3) is 0. The molecule has 3 aromatic rings. The predicted molar refractivity (Wildman–Crippen MR) is 88.5 cm³/mol. The van der Waals surface area contributed by atoms with E-state index in [1.807, 2.05) is 54.6 Å². The highest BCUT2D eigenvalue weighted by Crippen LogP contribution is 2.42. The number of allylic oxidation sites excluding steroid dienone is 2. The number of fused-ring (bicyclic) bond motifs is 2. The standard InChI is InChI=1S/C17H11O2S2.ClHO4/c1-3-8-14-12(6-1)18-16(20-14)10-5-11-17-19-13-7-2-4-9-15(13)21-17;2-1(3,4)5/h1-11H;(H,2,3,4,5)/q+1;/p-1. The van der Waals surface area contributed by atoms with Crippen molar-refractivity contribution in [2.24, 2.45) is 0 Å². The molecule has 0 radical (unpaired) electrons. The Labute approximate surface area is 159 Å². The van der Waals surface area contributed by atoms with Crippen LogP contribution < -0.4 is 23.4 Å². The van der Waals surface area contributed by atoms with Crippen LogP contribution >= 0.6 is 23.1 Å². The van der Waals surface area contributed by atoms with Gasteiger partial charge in [0.25, 0.3) is 0 Å². The van der Waals surface area contributed by atoms with Crippen molar-refractivity contribution in [2.45, 2.75) is 4.90 Å². The van der Waals surface area contributed by atoms with Crippen LogP contribution in [0, 0.1) is 10.2 Å². The number of hydrogen-bond acceptors (Lipinski definition) is 7. The minimum Gasteiger partial charge on any atom is -0.449 e. The van der Waals surface area contributed by atoms with Crippen molar-refractivity contribution in [2.75, 3.05) is 0 Å². The van der Waals surface area contributed by atoms with Gasteiger partial charge in [-0.05, 0) is 53.4 Å². The van der Waals surface area contributed by atoms with E-state index in [0.717, 1.165) is 31.1 Å². The molecule has 0 N–H and O–H groups in total. The molecule has 0 spiro atoms. The summed E-state index contributed by atoms with van der Waals surface area (Å²) in [6.45, 7) is 0. The molecule has 134 valence electrons. The molecule has 9 heteroatoms. The molecule has 1 aliphatic heterocycles. The van der Waals surface area contributed by atoms with Gasteiger partial charge in [0.15, 0.2) is 5.09 Å². The topological polar surface area (TPSA) is 113 Å². The van der Waals surface area contributed by atoms with Crippen molar-refractivity contribution in [3.05, 3.63) is 70.8 Å². The molecule has 0 amide bonds. The molecule has 0 aliphatic carbocycles. The lowest BCUT2D eigenvalue weighted by Gasteiger charge is -2.17. The highest BCUT2D eigenvalue weighted by Gasteiger charge is 2.17. The summed E-state index contributed by atoms with van der Waals surface area (Å²) < 4.78 is 46.6. The van der Waals surface area contributed by atoms with Gasteiger partial charge in [-0.15, -0.1) is 10.2 Å². The number of benzene rings is 2. The fourth-order valence-corrected chi connectivity index (χ4v) is 3.76. The van der Waals surface area contributed by atoms with E-state index in [2.05, 4.69) is 12.1 Å². The summed E-state index contributed by atoms with van der Waals surface area (Å²) in [6, 6.07) is 16.1. The average Bonchev–Trinajstić information content (AvgIpc) is 3.15. The van der Waals surface area contributed by atoms with Crippen LogP contribution in [0.1, 0.15) is 5.07 Å². The third-order valence-corrected chi connectivity index (χ3v) is 4.96. The Bertz CT molecular complexity index is 895. The van der Waals surface area contributed by atoms with Gasteiger partial charge in [-0.25, -0.2) is 18.6 Å². The van der Waals surface area contributed by atoms with E-state index in [1.165, 1.54) is 0 Å². The zero-order chi connectivity index (χ0) is 18.6. The summed E-state index contributed by atoms with van der Waals surface area (Å²) in [5, 5.41) is 1.77. The molecule has 1 aliphatic rings. The van der Waals surface area contributed by atoms with E-state index >= 15 is 0 Å². The monoisotopic (exact) mass is 410 g/mol. The second-order valence-electron chi connectivity index (χ2n) is 4.84. The quantitative estimate of drug-likeness (QED) is 0.580. The summed E-state index contributed by atoms with van der Waals surface area (Å²) in [7, 11) is -4.94. The first-order valence-corrected chi connectivity index (χ1v) is 10.0. The second kappa shape index (κ2) is 8.19. The minimum atomic E-state index is -4.94. The number of ether oxygens (including phenoxy) is 1. The molecule has 0 fully saturated rings. The molecule has 0 bridgehead atoms. The smallest absolute Gasteiger partial charge is 0.411 e. The number of para-hydroxylation sites is 2. The second-order valence-corrected chi connectivity index (χ2v) is 7.69. The zero-order valence-corrected chi connectivity index (χ0v) is 15.4. The highest BCUT2D eigenvalue weighted by molar-refractivity contribution is 8.03. The first-order valence-electron chi connectivity index (χ1n) is 7.15. The lowest BCUT2D eigenvalue weighted by Crippen LogP contribution is -2.68. The fourth-order valence-electron chi connectivity index (χ4n) is 2.05. The Kier molecular flexibility index (Phi) is 5.94. The van der Waals surface area contributed by atoms with Crippen LogP contribution in [0.25, 0.3) is 16.4 Å². The zero-order valence-electron chi connectivity index (χ0n) is 13.0. The van der Waals surface area contributed by atoms with E-state index in [0.29, 0.717) is 0 Å². The van der Waals surface area contributed by atoms with Crippen molar-refractivity contribution in [3.8, 4) is 5.75 Å². The van der Waals surface area contributed by atoms with Crippen LogP contribution in [0.2, 0.25) is 0 Å². The number of thioether (sulfide) groups is 1. The molecule has 2 heterocycles. The van der Waals surface area contributed by atoms with Gasteiger partial charge in [-0.3, -0.25) is 0 Å². The average molecular weight is 411 g/mol. The first kappa shape index (κ1) is 18.9. The molecular formula is C17H11ClO6S2. The summed E-state index contributed by atoms with van der Waals surface area (Å²) >= 11 is 3.27. The Hall–Kier alpha value is -1.91. The molecule has 0 atom stereocenters. The van der Waals surface area contributed by atoms with E-state index < -0.39 is 10.2 Å². The van der Waals surface area contributed by atoms with Gasteiger partial charge in [0.05, 0.1) is 11.0 Å². The Balaban J connectivity index is 0.000000349. The normalized spacial score (nSPS) is 15.0. The van der Waals surface area contributed by atoms with E-state index in [1.54, 1.807) is 23.1 Å². The number of rotatable bonds is 2. The van der Waals surface area contributed by atoms with Crippen LogP contribution in [0.4, 0.5) is 0 Å². The predicted octanol–water partition coefficient (Wildman–Crippen LogP) is 1.06. The molecule has 26 heavy (non-hydrogen) atoms. The third kappa shape index (κ3) is 5.55. The van der Waals surface area contributed by atoms with E-state index in [4.69, 9.17) is 27.8 Å². The van der Waals surface area contributed by atoms with Gasteiger partial charge in [0.2, 0.25) is 0 Å². The van der Waals surface area contributed by atoms with Gasteiger partial charge >= 0.3 is 10.7 Å². The van der Waals surface area contributed by atoms with Crippen molar-refractivity contribution in [1.82, 2.24) is 0 Å². The van der Waals surface area contributed by atoms with Crippen LogP contribution in [0.3, 0.4) is 0 Å². The molecular weight excluding hydrogens is 400 g/mol. The Morgan fingerprint density at radius 3 is 2.38 bits per heavy atom. The SMILES string of the molecule is C(=C\c1[o+]c2ccccc2s1)/C=C1\Oc2ccccc2S1.[O-][Cl+3]([O-])([O-])[O-].